The molecule has 1 rings (SSSR count). The van der Waals surface area contributed by atoms with Gasteiger partial charge in [-0.25, -0.2) is 10.2 Å². The Morgan fingerprint density at radius 3 is 2.93 bits per heavy atom. The van der Waals surface area contributed by atoms with E-state index >= 15 is 0 Å². The number of urea groups is 1. The summed E-state index contributed by atoms with van der Waals surface area (Å²) in [5.41, 5.74) is 7.83. The molecular weight excluding hydrogens is 218 g/mol. The largest absolute Gasteiger partial charge is 0.507 e. The third-order valence-corrected chi connectivity index (χ3v) is 2.18. The van der Waals surface area contributed by atoms with Crippen molar-refractivity contribution in [2.75, 3.05) is 0 Å². The minimum Gasteiger partial charge on any atom is -0.507 e. The van der Waals surface area contributed by atoms with Crippen molar-refractivity contribution in [3.05, 3.63) is 28.3 Å². The van der Waals surface area contributed by atoms with Crippen LogP contribution in [-0.2, 0) is 0 Å². The van der Waals surface area contributed by atoms with Gasteiger partial charge in [0.15, 0.2) is 0 Å². The lowest BCUT2D eigenvalue weighted by Crippen LogP contribution is -2.24. The van der Waals surface area contributed by atoms with Crippen molar-refractivity contribution in [2.24, 2.45) is 10.8 Å². The van der Waals surface area contributed by atoms with Gasteiger partial charge >= 0.3 is 6.03 Å². The van der Waals surface area contributed by atoms with Crippen molar-refractivity contribution in [3.63, 3.8) is 0 Å². The Hall–Kier alpha value is -1.75. The molecule has 0 aliphatic rings. The topological polar surface area (TPSA) is 87.7 Å². The number of carbonyl (C=O) groups excluding carboxylic acids is 1. The maximum Gasteiger partial charge on any atom is 0.332 e. The highest BCUT2D eigenvalue weighted by molar-refractivity contribution is 6.31. The SMILES string of the molecule is Cc1c(Cl)ccc(C=NNC(N)=O)c1O. The molecular formula is C9H10ClN3O2. The molecule has 5 nitrogen and oxygen atoms in total. The van der Waals surface area contributed by atoms with Gasteiger partial charge in [0.2, 0.25) is 0 Å². The summed E-state index contributed by atoms with van der Waals surface area (Å²) in [6.45, 7) is 1.68. The zero-order chi connectivity index (χ0) is 11.4. The summed E-state index contributed by atoms with van der Waals surface area (Å²) in [6.07, 6.45) is 1.28. The summed E-state index contributed by atoms with van der Waals surface area (Å²) in [5, 5.41) is 13.6. The van der Waals surface area contributed by atoms with Crippen molar-refractivity contribution in [2.45, 2.75) is 6.92 Å². The number of hydrogen-bond donors (Lipinski definition) is 3. The van der Waals surface area contributed by atoms with Crippen LogP contribution in [0.15, 0.2) is 17.2 Å². The highest BCUT2D eigenvalue weighted by Crippen LogP contribution is 2.27. The van der Waals surface area contributed by atoms with E-state index in [1.165, 1.54) is 6.21 Å². The van der Waals surface area contributed by atoms with Gasteiger partial charge < -0.3 is 10.8 Å². The average Bonchev–Trinajstić information content (AvgIpc) is 2.18. The molecule has 0 saturated heterocycles. The van der Waals surface area contributed by atoms with Crippen LogP contribution in [0.4, 0.5) is 4.79 Å². The van der Waals surface area contributed by atoms with Crippen LogP contribution < -0.4 is 11.2 Å². The molecule has 2 amide bonds. The van der Waals surface area contributed by atoms with Crippen LogP contribution in [0.25, 0.3) is 0 Å². The van der Waals surface area contributed by atoms with E-state index in [2.05, 4.69) is 5.10 Å². The maximum atomic E-state index is 10.3. The first-order valence-electron chi connectivity index (χ1n) is 4.09. The molecule has 0 atom stereocenters. The molecule has 0 saturated carbocycles. The fraction of sp³-hybridized carbons (Fsp3) is 0.111. The number of nitrogens with zero attached hydrogens (tertiary/aromatic N) is 1. The summed E-state index contributed by atoms with van der Waals surface area (Å²) < 4.78 is 0. The van der Waals surface area contributed by atoms with Crippen molar-refractivity contribution in [3.8, 4) is 5.75 Å². The van der Waals surface area contributed by atoms with Crippen LogP contribution in [-0.4, -0.2) is 17.4 Å². The number of nitrogens with one attached hydrogen (secondary N) is 1. The smallest absolute Gasteiger partial charge is 0.332 e. The first-order chi connectivity index (χ1) is 7.02. The quantitative estimate of drug-likeness (QED) is 0.526. The zero-order valence-corrected chi connectivity index (χ0v) is 8.75. The van der Waals surface area contributed by atoms with Gasteiger partial charge in [0.25, 0.3) is 0 Å². The van der Waals surface area contributed by atoms with Gasteiger partial charge in [-0.15, -0.1) is 0 Å². The van der Waals surface area contributed by atoms with E-state index in [4.69, 9.17) is 17.3 Å². The summed E-state index contributed by atoms with van der Waals surface area (Å²) in [7, 11) is 0. The lowest BCUT2D eigenvalue weighted by molar-refractivity contribution is 0.249. The number of carbonyl (C=O) groups is 1. The van der Waals surface area contributed by atoms with E-state index in [-0.39, 0.29) is 5.75 Å². The molecule has 15 heavy (non-hydrogen) atoms. The summed E-state index contributed by atoms with van der Waals surface area (Å²) in [4.78, 5) is 10.3. The Kier molecular flexibility index (Phi) is 3.51. The molecule has 0 aliphatic carbocycles. The molecule has 0 spiro atoms. The van der Waals surface area contributed by atoms with Gasteiger partial charge in [-0.05, 0) is 19.1 Å². The molecule has 4 N–H and O–H groups in total. The van der Waals surface area contributed by atoms with Crippen LogP contribution in [0.5, 0.6) is 5.75 Å². The summed E-state index contributed by atoms with van der Waals surface area (Å²) >= 11 is 5.78. The Labute approximate surface area is 91.5 Å². The van der Waals surface area contributed by atoms with E-state index in [9.17, 15) is 9.90 Å². The Bertz CT molecular complexity index is 418. The Balaban J connectivity index is 2.92. The number of halogens is 1. The molecule has 0 aromatic heterocycles. The number of hydrogen-bond acceptors (Lipinski definition) is 3. The van der Waals surface area contributed by atoms with Gasteiger partial charge in [-0.2, -0.15) is 5.10 Å². The minimum atomic E-state index is -0.767. The molecule has 0 unspecified atom stereocenters. The van der Waals surface area contributed by atoms with E-state index in [0.29, 0.717) is 16.1 Å². The van der Waals surface area contributed by atoms with Crippen LogP contribution in [0, 0.1) is 6.92 Å². The fourth-order valence-electron chi connectivity index (χ4n) is 0.966. The standard InChI is InChI=1S/C9H10ClN3O2/c1-5-7(10)3-2-6(8(5)14)4-12-13-9(11)15/h2-4,14H,1H3,(H3,11,13,15). The highest BCUT2D eigenvalue weighted by Gasteiger charge is 2.05. The first-order valence-corrected chi connectivity index (χ1v) is 4.46. The van der Waals surface area contributed by atoms with Crippen molar-refractivity contribution in [1.82, 2.24) is 5.43 Å². The van der Waals surface area contributed by atoms with Gasteiger partial charge in [-0.1, -0.05) is 11.6 Å². The van der Waals surface area contributed by atoms with Crippen LogP contribution >= 0.6 is 11.6 Å². The van der Waals surface area contributed by atoms with Gasteiger partial charge in [0.05, 0.1) is 6.21 Å². The predicted octanol–water partition coefficient (Wildman–Crippen LogP) is 1.36. The van der Waals surface area contributed by atoms with E-state index in [1.807, 2.05) is 5.43 Å². The normalized spacial score (nSPS) is 10.5. The predicted molar refractivity (Wildman–Crippen MR) is 58.2 cm³/mol. The number of hydrazone groups is 1. The van der Waals surface area contributed by atoms with E-state index in [0.717, 1.165) is 0 Å². The third-order valence-electron chi connectivity index (χ3n) is 1.77. The van der Waals surface area contributed by atoms with Crippen molar-refractivity contribution < 1.29 is 9.90 Å². The van der Waals surface area contributed by atoms with E-state index in [1.54, 1.807) is 19.1 Å². The lowest BCUT2D eigenvalue weighted by Gasteiger charge is -2.04. The second-order valence-electron chi connectivity index (χ2n) is 2.84. The number of nitrogens with two attached hydrogens (primary N) is 1. The average molecular weight is 228 g/mol. The Morgan fingerprint density at radius 1 is 1.67 bits per heavy atom. The molecule has 80 valence electrons. The number of primary amides is 1. The van der Waals surface area contributed by atoms with Gasteiger partial charge in [-0.3, -0.25) is 0 Å². The number of rotatable bonds is 2. The Morgan fingerprint density at radius 2 is 2.33 bits per heavy atom. The van der Waals surface area contributed by atoms with Gasteiger partial charge in [0, 0.05) is 16.1 Å². The number of benzene rings is 1. The first kappa shape index (κ1) is 11.3. The lowest BCUT2D eigenvalue weighted by atomic mass is 10.1. The number of aromatic hydroxyl groups is 1. The zero-order valence-electron chi connectivity index (χ0n) is 7.99. The molecule has 0 fully saturated rings. The molecule has 1 aromatic carbocycles. The summed E-state index contributed by atoms with van der Waals surface area (Å²) in [5.74, 6) is 0.0255. The van der Waals surface area contributed by atoms with Crippen LogP contribution in [0.2, 0.25) is 5.02 Å². The molecule has 0 radical (unpaired) electrons. The second-order valence-corrected chi connectivity index (χ2v) is 3.25. The number of phenolic OH excluding ortho intramolecular Hbond substituents is 1. The molecule has 0 aliphatic heterocycles. The highest BCUT2D eigenvalue weighted by atomic mass is 35.5. The molecule has 6 heteroatoms. The summed E-state index contributed by atoms with van der Waals surface area (Å²) in [6, 6.07) is 2.44. The monoisotopic (exact) mass is 227 g/mol. The van der Waals surface area contributed by atoms with E-state index < -0.39 is 6.03 Å². The fourth-order valence-corrected chi connectivity index (χ4v) is 1.12. The second kappa shape index (κ2) is 4.65. The van der Waals surface area contributed by atoms with Crippen molar-refractivity contribution in [1.29, 1.82) is 0 Å². The van der Waals surface area contributed by atoms with Crippen LogP contribution in [0.3, 0.4) is 0 Å². The molecule has 1 aromatic rings. The van der Waals surface area contributed by atoms with Crippen molar-refractivity contribution >= 4 is 23.8 Å². The number of phenols is 1. The molecule has 0 heterocycles. The number of amides is 2. The van der Waals surface area contributed by atoms with Crippen LogP contribution in [0.1, 0.15) is 11.1 Å². The maximum absolute atomic E-state index is 10.3. The molecule has 0 bridgehead atoms. The third kappa shape index (κ3) is 2.85. The minimum absolute atomic E-state index is 0.0255. The van der Waals surface area contributed by atoms with Gasteiger partial charge in [0.1, 0.15) is 5.75 Å².